The van der Waals surface area contributed by atoms with Crippen LogP contribution < -0.4 is 10.6 Å². The molecule has 4 heteroatoms. The largest absolute Gasteiger partial charge is 0.325 e. The summed E-state index contributed by atoms with van der Waals surface area (Å²) in [6, 6.07) is 15.8. The fourth-order valence-corrected chi connectivity index (χ4v) is 2.70. The molecule has 1 amide bonds. The summed E-state index contributed by atoms with van der Waals surface area (Å²) in [4.78, 5) is 12.2. The minimum Gasteiger partial charge on any atom is -0.325 e. The van der Waals surface area contributed by atoms with Gasteiger partial charge >= 0.3 is 0 Å². The van der Waals surface area contributed by atoms with Crippen molar-refractivity contribution in [2.24, 2.45) is 5.92 Å². The molecule has 2 aromatic carbocycles. The van der Waals surface area contributed by atoms with Gasteiger partial charge in [-0.1, -0.05) is 61.8 Å². The zero-order chi connectivity index (χ0) is 16.8. The molecule has 1 atom stereocenters. The minimum atomic E-state index is -0.0723. The molecule has 0 spiro atoms. The van der Waals surface area contributed by atoms with Crippen molar-refractivity contribution in [2.75, 3.05) is 11.9 Å². The molecule has 0 fully saturated rings. The predicted molar refractivity (Wildman–Crippen MR) is 96.8 cm³/mol. The Morgan fingerprint density at radius 2 is 1.83 bits per heavy atom. The average Bonchev–Trinajstić information content (AvgIpc) is 2.52. The smallest absolute Gasteiger partial charge is 0.238 e. The molecule has 3 nitrogen and oxygen atoms in total. The van der Waals surface area contributed by atoms with E-state index in [1.165, 1.54) is 5.56 Å². The number of carbonyl (C=O) groups excluding carboxylic acids is 1. The standard InChI is InChI=1S/C19H23ClN2O/c1-13(2)19(15-7-5-4-6-8-15)21-12-18(23)22-17-11-16(20)10-9-14(17)3/h4-11,13,19,21H,12H2,1-3H3,(H,22,23)/t19-/m1/s1. The number of carbonyl (C=O) groups is 1. The second-order valence-electron chi connectivity index (χ2n) is 6.02. The molecule has 0 saturated carbocycles. The molecule has 23 heavy (non-hydrogen) atoms. The Kier molecular flexibility index (Phi) is 6.20. The number of amides is 1. The zero-order valence-electron chi connectivity index (χ0n) is 13.8. The molecule has 0 aliphatic rings. The molecule has 0 saturated heterocycles. The molecule has 0 unspecified atom stereocenters. The maximum absolute atomic E-state index is 12.2. The van der Waals surface area contributed by atoms with Gasteiger partial charge in [0.1, 0.15) is 0 Å². The third-order valence-electron chi connectivity index (χ3n) is 3.78. The molecule has 2 rings (SSSR count). The van der Waals surface area contributed by atoms with E-state index in [0.29, 0.717) is 10.9 Å². The van der Waals surface area contributed by atoms with E-state index in [4.69, 9.17) is 11.6 Å². The number of nitrogens with one attached hydrogen (secondary N) is 2. The van der Waals surface area contributed by atoms with Gasteiger partial charge in [0.15, 0.2) is 0 Å². The number of benzene rings is 2. The molecule has 0 heterocycles. The average molecular weight is 331 g/mol. The predicted octanol–water partition coefficient (Wildman–Crippen LogP) is 4.57. The lowest BCUT2D eigenvalue weighted by molar-refractivity contribution is -0.115. The van der Waals surface area contributed by atoms with Crippen molar-refractivity contribution in [1.29, 1.82) is 0 Å². The summed E-state index contributed by atoms with van der Waals surface area (Å²) < 4.78 is 0. The lowest BCUT2D eigenvalue weighted by Crippen LogP contribution is -2.33. The van der Waals surface area contributed by atoms with E-state index in [1.54, 1.807) is 6.07 Å². The second kappa shape index (κ2) is 8.14. The fourth-order valence-electron chi connectivity index (χ4n) is 2.52. The van der Waals surface area contributed by atoms with Crippen LogP contribution in [0.4, 0.5) is 5.69 Å². The highest BCUT2D eigenvalue weighted by Gasteiger charge is 2.16. The van der Waals surface area contributed by atoms with Crippen molar-refractivity contribution in [1.82, 2.24) is 5.32 Å². The van der Waals surface area contributed by atoms with Crippen LogP contribution >= 0.6 is 11.6 Å². The molecule has 0 aromatic heterocycles. The summed E-state index contributed by atoms with van der Waals surface area (Å²) in [6.45, 7) is 6.48. The second-order valence-corrected chi connectivity index (χ2v) is 6.46. The zero-order valence-corrected chi connectivity index (χ0v) is 14.5. The van der Waals surface area contributed by atoms with E-state index in [2.05, 4.69) is 36.6 Å². The Morgan fingerprint density at radius 1 is 1.13 bits per heavy atom. The number of hydrogen-bond acceptors (Lipinski definition) is 2. The topological polar surface area (TPSA) is 41.1 Å². The Morgan fingerprint density at radius 3 is 2.48 bits per heavy atom. The van der Waals surface area contributed by atoms with Gasteiger partial charge in [-0.05, 0) is 36.1 Å². The van der Waals surface area contributed by atoms with Crippen LogP contribution in [0.25, 0.3) is 0 Å². The minimum absolute atomic E-state index is 0.0723. The first kappa shape index (κ1) is 17.5. The molecular formula is C19H23ClN2O. The Bertz CT molecular complexity index is 656. The number of rotatable bonds is 6. The molecule has 2 aromatic rings. The van der Waals surface area contributed by atoms with Crippen molar-refractivity contribution in [3.63, 3.8) is 0 Å². The van der Waals surface area contributed by atoms with Gasteiger partial charge in [0.05, 0.1) is 6.54 Å². The van der Waals surface area contributed by atoms with Crippen LogP contribution in [-0.2, 0) is 4.79 Å². The highest BCUT2D eigenvalue weighted by atomic mass is 35.5. The normalized spacial score (nSPS) is 12.2. The molecule has 0 bridgehead atoms. The van der Waals surface area contributed by atoms with E-state index in [-0.39, 0.29) is 18.5 Å². The van der Waals surface area contributed by atoms with E-state index in [0.717, 1.165) is 11.3 Å². The van der Waals surface area contributed by atoms with Gasteiger partial charge in [-0.25, -0.2) is 0 Å². The Balaban J connectivity index is 1.98. The van der Waals surface area contributed by atoms with Gasteiger partial charge in [-0.3, -0.25) is 4.79 Å². The first-order chi connectivity index (χ1) is 11.0. The molecule has 122 valence electrons. The molecular weight excluding hydrogens is 308 g/mol. The van der Waals surface area contributed by atoms with Crippen molar-refractivity contribution < 1.29 is 4.79 Å². The Hall–Kier alpha value is -1.84. The summed E-state index contributed by atoms with van der Waals surface area (Å²) in [5.41, 5.74) is 2.94. The van der Waals surface area contributed by atoms with Gasteiger partial charge in [0, 0.05) is 16.8 Å². The highest BCUT2D eigenvalue weighted by Crippen LogP contribution is 2.22. The van der Waals surface area contributed by atoms with Crippen LogP contribution in [0.15, 0.2) is 48.5 Å². The lowest BCUT2D eigenvalue weighted by Gasteiger charge is -2.23. The van der Waals surface area contributed by atoms with Gasteiger partial charge in [0.2, 0.25) is 5.91 Å². The number of halogens is 1. The van der Waals surface area contributed by atoms with Crippen molar-refractivity contribution in [2.45, 2.75) is 26.8 Å². The monoisotopic (exact) mass is 330 g/mol. The Labute approximate surface area is 143 Å². The van der Waals surface area contributed by atoms with E-state index < -0.39 is 0 Å². The highest BCUT2D eigenvalue weighted by molar-refractivity contribution is 6.31. The summed E-state index contributed by atoms with van der Waals surface area (Å²) in [6.07, 6.45) is 0. The number of aryl methyl sites for hydroxylation is 1. The van der Waals surface area contributed by atoms with E-state index >= 15 is 0 Å². The van der Waals surface area contributed by atoms with Gasteiger partial charge in [0.25, 0.3) is 0 Å². The maximum Gasteiger partial charge on any atom is 0.238 e. The first-order valence-electron chi connectivity index (χ1n) is 7.81. The van der Waals surface area contributed by atoms with Crippen molar-refractivity contribution in [3.8, 4) is 0 Å². The van der Waals surface area contributed by atoms with Gasteiger partial charge in [-0.2, -0.15) is 0 Å². The third-order valence-corrected chi connectivity index (χ3v) is 4.02. The van der Waals surface area contributed by atoms with E-state index in [1.807, 2.05) is 37.3 Å². The van der Waals surface area contributed by atoms with Crippen LogP contribution in [0, 0.1) is 12.8 Å². The van der Waals surface area contributed by atoms with Crippen LogP contribution in [0.5, 0.6) is 0 Å². The van der Waals surface area contributed by atoms with Crippen LogP contribution in [0.3, 0.4) is 0 Å². The number of anilines is 1. The number of hydrogen-bond donors (Lipinski definition) is 2. The van der Waals surface area contributed by atoms with Crippen LogP contribution in [0.2, 0.25) is 5.02 Å². The summed E-state index contributed by atoms with van der Waals surface area (Å²) in [5, 5.41) is 6.87. The SMILES string of the molecule is Cc1ccc(Cl)cc1NC(=O)CN[C@@H](c1ccccc1)C(C)C. The first-order valence-corrected chi connectivity index (χ1v) is 8.19. The quantitative estimate of drug-likeness (QED) is 0.814. The van der Waals surface area contributed by atoms with Crippen molar-refractivity contribution in [3.05, 3.63) is 64.7 Å². The maximum atomic E-state index is 12.2. The fraction of sp³-hybridized carbons (Fsp3) is 0.316. The van der Waals surface area contributed by atoms with Crippen LogP contribution in [0.1, 0.15) is 31.0 Å². The van der Waals surface area contributed by atoms with Crippen molar-refractivity contribution >= 4 is 23.2 Å². The lowest BCUT2D eigenvalue weighted by atomic mass is 9.96. The van der Waals surface area contributed by atoms with Gasteiger partial charge < -0.3 is 10.6 Å². The van der Waals surface area contributed by atoms with Gasteiger partial charge in [-0.15, -0.1) is 0 Å². The summed E-state index contributed by atoms with van der Waals surface area (Å²) >= 11 is 5.98. The molecule has 0 aliphatic heterocycles. The van der Waals surface area contributed by atoms with Crippen LogP contribution in [-0.4, -0.2) is 12.5 Å². The molecule has 0 aliphatic carbocycles. The third kappa shape index (κ3) is 5.08. The summed E-state index contributed by atoms with van der Waals surface area (Å²) in [5.74, 6) is 0.315. The molecule has 0 radical (unpaired) electrons. The van der Waals surface area contributed by atoms with E-state index in [9.17, 15) is 4.79 Å². The summed E-state index contributed by atoms with van der Waals surface area (Å²) in [7, 11) is 0. The molecule has 2 N–H and O–H groups in total.